The average molecular weight is 1100 g/mol. The first-order valence-electron chi connectivity index (χ1n) is 30.4. The van der Waals surface area contributed by atoms with Crippen molar-refractivity contribution in [1.29, 1.82) is 0 Å². The van der Waals surface area contributed by atoms with Crippen LogP contribution in [0.3, 0.4) is 0 Å². The number of hydrogen-bond acceptors (Lipinski definition) is 12. The van der Waals surface area contributed by atoms with E-state index in [0.717, 1.165) is 97.6 Å². The number of aliphatic hydroxyl groups excluding tert-OH is 1. The van der Waals surface area contributed by atoms with Crippen molar-refractivity contribution in [3.63, 3.8) is 0 Å². The monoisotopic (exact) mass is 1100 g/mol. The summed E-state index contributed by atoms with van der Waals surface area (Å²) in [7, 11) is -4.07. The molecule has 0 aromatic heterocycles. The molecule has 0 radical (unpaired) electrons. The molecular formula is C60H106O12Si3. The molecule has 75 heavy (non-hydrogen) atoms. The van der Waals surface area contributed by atoms with E-state index in [9.17, 15) is 5.11 Å². The lowest BCUT2D eigenvalue weighted by Crippen LogP contribution is -2.62. The van der Waals surface area contributed by atoms with Crippen molar-refractivity contribution in [2.75, 3.05) is 13.7 Å². The molecule has 15 heteroatoms. The van der Waals surface area contributed by atoms with Crippen LogP contribution in [0.25, 0.3) is 0 Å². The Hall–Kier alpha value is -0.869. The number of ether oxygens (including phenoxy) is 8. The van der Waals surface area contributed by atoms with Crippen molar-refractivity contribution in [3.8, 4) is 0 Å². The highest BCUT2D eigenvalue weighted by molar-refractivity contribution is 6.74. The summed E-state index contributed by atoms with van der Waals surface area (Å²) >= 11 is 0. The Kier molecular flexibility index (Phi) is 22.4. The lowest BCUT2D eigenvalue weighted by molar-refractivity contribution is -0.271. The van der Waals surface area contributed by atoms with Crippen LogP contribution in [0, 0.1) is 11.8 Å². The van der Waals surface area contributed by atoms with E-state index >= 15 is 0 Å². The number of rotatable bonds is 33. The Bertz CT molecular complexity index is 1820. The maximum atomic E-state index is 11.3. The van der Waals surface area contributed by atoms with Gasteiger partial charge in [-0.15, -0.1) is 13.2 Å². The third kappa shape index (κ3) is 13.7. The molecule has 19 atom stereocenters. The molecule has 8 rings (SSSR count). The van der Waals surface area contributed by atoms with Crippen LogP contribution in [0.4, 0.5) is 0 Å². The number of hydrogen-bond donors (Lipinski definition) is 1. The maximum absolute atomic E-state index is 11.3. The summed E-state index contributed by atoms with van der Waals surface area (Å²) in [6.45, 7) is 40.7. The molecule has 8 saturated heterocycles. The van der Waals surface area contributed by atoms with Crippen LogP contribution in [0.1, 0.15) is 146 Å². The normalized spacial score (nSPS) is 37.6. The van der Waals surface area contributed by atoms with Gasteiger partial charge < -0.3 is 56.3 Å². The zero-order valence-electron chi connectivity index (χ0n) is 48.9. The van der Waals surface area contributed by atoms with Crippen molar-refractivity contribution >= 4 is 25.0 Å². The molecule has 1 N–H and O–H groups in total. The Morgan fingerprint density at radius 1 is 0.680 bits per heavy atom. The van der Waals surface area contributed by atoms with E-state index in [2.05, 4.69) is 95.6 Å². The molecule has 8 aliphatic rings. The second-order valence-electron chi connectivity index (χ2n) is 24.1. The van der Waals surface area contributed by atoms with Gasteiger partial charge in [-0.3, -0.25) is 0 Å². The standard InChI is InChI=1S/C60H106O12Si3/c1-16-27-43(61)35-47-51(66-52(54(47)62-15)36-46(71-74(21-6,22-7)23-8)39-63-73(18-3,19-4)20-5)37-50-42(14)40(12)33-44(65-50)29-30-48-41(13)34-45(64-48)31-32-60-38-53-55(69-60)57-58(68-53)59(70-60)56(49(67-57)28-17-2)72-75(24-9,25-10)26-11/h16-17,40,43-59,61H,1-2,13-14,18-39H2,3-12,15H3/t40-,43+,44+,45+,46+,47+,48+,49+,50-,51+,52-,53+,54-,55+,56+,57-,58+,59-,60+/m1/s1. The van der Waals surface area contributed by atoms with E-state index in [0.29, 0.717) is 51.6 Å². The molecule has 8 heterocycles. The van der Waals surface area contributed by atoms with E-state index in [-0.39, 0.29) is 103 Å². The maximum Gasteiger partial charge on any atom is 0.192 e. The van der Waals surface area contributed by atoms with Crippen LogP contribution in [-0.2, 0) is 51.2 Å². The smallest absolute Gasteiger partial charge is 0.192 e. The molecule has 0 amide bonds. The second kappa shape index (κ2) is 27.3. The van der Waals surface area contributed by atoms with Crippen molar-refractivity contribution < 1.29 is 56.3 Å². The first-order valence-corrected chi connectivity index (χ1v) is 38.0. The van der Waals surface area contributed by atoms with Crippen LogP contribution in [0.5, 0.6) is 0 Å². The summed E-state index contributed by atoms with van der Waals surface area (Å²) in [4.78, 5) is 0. The summed E-state index contributed by atoms with van der Waals surface area (Å²) in [6.07, 6.45) is 9.92. The average Bonchev–Trinajstić information content (AvgIpc) is 4.10. The van der Waals surface area contributed by atoms with E-state index in [1.165, 1.54) is 0 Å². The molecule has 430 valence electrons. The van der Waals surface area contributed by atoms with Crippen LogP contribution >= 0.6 is 0 Å². The zero-order valence-corrected chi connectivity index (χ0v) is 51.9. The fraction of sp³-hybridized carbons (Fsp3) is 0.867. The minimum atomic E-state index is -2.01. The lowest BCUT2D eigenvalue weighted by atomic mass is 9.81. The first-order chi connectivity index (χ1) is 36.0. The second-order valence-corrected chi connectivity index (χ2v) is 38.3. The van der Waals surface area contributed by atoms with Gasteiger partial charge in [0, 0.05) is 38.7 Å². The molecule has 0 saturated carbocycles. The molecule has 0 spiro atoms. The van der Waals surface area contributed by atoms with Crippen molar-refractivity contribution in [2.24, 2.45) is 11.8 Å². The Balaban J connectivity index is 0.987. The first kappa shape index (κ1) is 61.7. The summed E-state index contributed by atoms with van der Waals surface area (Å²) < 4.78 is 76.9. The van der Waals surface area contributed by atoms with Crippen LogP contribution < -0.4 is 0 Å². The lowest BCUT2D eigenvalue weighted by Gasteiger charge is -2.47. The van der Waals surface area contributed by atoms with Gasteiger partial charge in [0.25, 0.3) is 0 Å². The minimum Gasteiger partial charge on any atom is -0.414 e. The third-order valence-electron chi connectivity index (χ3n) is 20.2. The number of aliphatic hydroxyl groups is 1. The molecule has 0 aliphatic carbocycles. The molecule has 0 aromatic rings. The summed E-state index contributed by atoms with van der Waals surface area (Å²) in [5, 5.41) is 11.3. The summed E-state index contributed by atoms with van der Waals surface area (Å²) in [5.41, 5.74) is 2.27. The van der Waals surface area contributed by atoms with E-state index in [1.807, 2.05) is 6.08 Å². The Labute approximate surface area is 458 Å². The van der Waals surface area contributed by atoms with Gasteiger partial charge in [0.2, 0.25) is 0 Å². The van der Waals surface area contributed by atoms with Crippen molar-refractivity contribution in [3.05, 3.63) is 49.6 Å². The highest BCUT2D eigenvalue weighted by atomic mass is 28.4. The van der Waals surface area contributed by atoms with Gasteiger partial charge in [0.1, 0.15) is 30.5 Å². The SMILES string of the molecule is C=CC[C@H](O)C[C@@H]1[C@@H](OC)[C@@H](C[C@@H](CO[Si](CC)(CC)CC)O[Si](CC)(CC)CC)O[C@H]1C[C@H]1O[C@@H](CC[C@@H]2O[C@@H](CC[C@@]34C[C@@H]5O[C@H]6[C@H](O[C@@H](CC=C)[C@H](O[Si](CC)(CC)CC)[C@H]6O3)[C@H]5O4)CC2=C)C[C@@H](C)C1=C. The predicted octanol–water partition coefficient (Wildman–Crippen LogP) is 12.9. The zero-order chi connectivity index (χ0) is 54.3. The van der Waals surface area contributed by atoms with Gasteiger partial charge in [-0.1, -0.05) is 94.5 Å². The quantitative estimate of drug-likeness (QED) is 0.0497. The molecule has 6 bridgehead atoms. The minimum absolute atomic E-state index is 0.0305. The van der Waals surface area contributed by atoms with Gasteiger partial charge in [0.05, 0.1) is 73.8 Å². The van der Waals surface area contributed by atoms with E-state index in [1.54, 1.807) is 13.2 Å². The fourth-order valence-electron chi connectivity index (χ4n) is 14.6. The molecule has 8 aliphatic heterocycles. The van der Waals surface area contributed by atoms with Gasteiger partial charge in [-0.25, -0.2) is 0 Å². The van der Waals surface area contributed by atoms with E-state index in [4.69, 9.17) is 51.2 Å². The van der Waals surface area contributed by atoms with Crippen LogP contribution in [0.2, 0.25) is 54.4 Å². The predicted molar refractivity (Wildman–Crippen MR) is 307 cm³/mol. The highest BCUT2D eigenvalue weighted by Gasteiger charge is 2.68. The van der Waals surface area contributed by atoms with Crippen molar-refractivity contribution in [2.45, 2.75) is 304 Å². The summed E-state index contributed by atoms with van der Waals surface area (Å²) in [6, 6.07) is 9.66. The third-order valence-corrected chi connectivity index (χ3v) is 34.2. The Morgan fingerprint density at radius 2 is 1.32 bits per heavy atom. The molecule has 0 unspecified atom stereocenters. The van der Waals surface area contributed by atoms with Gasteiger partial charge in [-0.05, 0) is 123 Å². The van der Waals surface area contributed by atoms with Crippen molar-refractivity contribution in [1.82, 2.24) is 0 Å². The largest absolute Gasteiger partial charge is 0.414 e. The fourth-order valence-corrected chi connectivity index (χ4v) is 23.0. The van der Waals surface area contributed by atoms with Crippen LogP contribution in [-0.4, -0.2) is 147 Å². The number of methoxy groups -OCH3 is 1. The van der Waals surface area contributed by atoms with E-state index < -0.39 is 36.8 Å². The Morgan fingerprint density at radius 3 is 1.95 bits per heavy atom. The highest BCUT2D eigenvalue weighted by Crippen LogP contribution is 2.54. The summed E-state index contributed by atoms with van der Waals surface area (Å²) in [5.74, 6) is -0.522. The molecular weight excluding hydrogens is 997 g/mol. The van der Waals surface area contributed by atoms with Crippen LogP contribution in [0.15, 0.2) is 49.6 Å². The molecule has 12 nitrogen and oxygen atoms in total. The topological polar surface area (TPSA) is 122 Å². The van der Waals surface area contributed by atoms with Gasteiger partial charge in [0.15, 0.2) is 30.7 Å². The van der Waals surface area contributed by atoms with Gasteiger partial charge >= 0.3 is 0 Å². The molecule has 8 fully saturated rings. The van der Waals surface area contributed by atoms with Gasteiger partial charge in [-0.2, -0.15) is 0 Å². The molecule has 0 aromatic carbocycles.